The van der Waals surface area contributed by atoms with Crippen molar-refractivity contribution >= 4 is 31.7 Å². The fourth-order valence-electron chi connectivity index (χ4n) is 1.67. The Labute approximate surface area is 138 Å². The molecule has 0 heterocycles. The number of hydrogen-bond acceptors (Lipinski definition) is 4. The standard InChI is InChI=1S/C15H15BrN2O3S/c1-11(12-3-5-13(16)6-4-12)17-18-22(19,20)15-9-7-14(21-2)8-10-15/h3-10,17-18H,1H2,2H3. The van der Waals surface area contributed by atoms with Crippen LogP contribution in [-0.4, -0.2) is 15.5 Å². The lowest BCUT2D eigenvalue weighted by Gasteiger charge is -2.12. The Kier molecular flexibility index (Phi) is 5.23. The van der Waals surface area contributed by atoms with Crippen LogP contribution in [0.1, 0.15) is 5.56 Å². The predicted molar refractivity (Wildman–Crippen MR) is 89.6 cm³/mol. The van der Waals surface area contributed by atoms with E-state index in [-0.39, 0.29) is 4.90 Å². The molecular formula is C15H15BrN2O3S. The molecule has 0 atom stereocenters. The maximum atomic E-state index is 12.2. The second-order valence-electron chi connectivity index (χ2n) is 4.39. The Bertz CT molecular complexity index is 756. The summed E-state index contributed by atoms with van der Waals surface area (Å²) in [6.07, 6.45) is 0. The van der Waals surface area contributed by atoms with Gasteiger partial charge in [0, 0.05) is 10.2 Å². The summed E-state index contributed by atoms with van der Waals surface area (Å²) in [5.74, 6) is 0.589. The molecule has 0 unspecified atom stereocenters. The lowest BCUT2D eigenvalue weighted by molar-refractivity contribution is 0.414. The van der Waals surface area contributed by atoms with Crippen molar-refractivity contribution in [2.75, 3.05) is 7.11 Å². The Balaban J connectivity index is 2.05. The van der Waals surface area contributed by atoms with Crippen LogP contribution in [0.5, 0.6) is 5.75 Å². The number of ether oxygens (including phenoxy) is 1. The molecular weight excluding hydrogens is 368 g/mol. The van der Waals surface area contributed by atoms with Crippen molar-refractivity contribution in [3.05, 3.63) is 65.1 Å². The van der Waals surface area contributed by atoms with Crippen molar-refractivity contribution in [1.82, 2.24) is 10.3 Å². The molecule has 2 aromatic rings. The Morgan fingerprint density at radius 1 is 1.09 bits per heavy atom. The summed E-state index contributed by atoms with van der Waals surface area (Å²) in [4.78, 5) is 2.42. The van der Waals surface area contributed by atoms with E-state index in [0.717, 1.165) is 10.0 Å². The monoisotopic (exact) mass is 382 g/mol. The second-order valence-corrected chi connectivity index (χ2v) is 6.99. The fraction of sp³-hybridized carbons (Fsp3) is 0.0667. The van der Waals surface area contributed by atoms with Gasteiger partial charge in [-0.15, -0.1) is 4.83 Å². The molecule has 7 heteroatoms. The summed E-state index contributed by atoms with van der Waals surface area (Å²) in [5, 5.41) is 0. The minimum Gasteiger partial charge on any atom is -0.497 e. The average molecular weight is 383 g/mol. The Morgan fingerprint density at radius 2 is 1.68 bits per heavy atom. The highest BCUT2D eigenvalue weighted by Crippen LogP contribution is 2.16. The van der Waals surface area contributed by atoms with Gasteiger partial charge in [-0.05, 0) is 42.0 Å². The molecule has 0 aromatic heterocycles. The molecule has 0 radical (unpaired) electrons. The molecule has 0 aliphatic rings. The zero-order chi connectivity index (χ0) is 16.2. The molecule has 116 valence electrons. The topological polar surface area (TPSA) is 67.4 Å². The summed E-state index contributed by atoms with van der Waals surface area (Å²) >= 11 is 3.34. The lowest BCUT2D eigenvalue weighted by atomic mass is 10.2. The number of methoxy groups -OCH3 is 1. The molecule has 0 saturated carbocycles. The number of sulfonamides is 1. The van der Waals surface area contributed by atoms with Gasteiger partial charge >= 0.3 is 0 Å². The van der Waals surface area contributed by atoms with Crippen LogP contribution in [0.4, 0.5) is 0 Å². The van der Waals surface area contributed by atoms with E-state index in [1.54, 1.807) is 12.1 Å². The van der Waals surface area contributed by atoms with Crippen LogP contribution in [0.25, 0.3) is 5.70 Å². The summed E-state index contributed by atoms with van der Waals surface area (Å²) < 4.78 is 30.2. The zero-order valence-electron chi connectivity index (χ0n) is 11.8. The molecule has 0 aliphatic heterocycles. The van der Waals surface area contributed by atoms with E-state index < -0.39 is 10.0 Å². The number of rotatable bonds is 6. The third-order valence-electron chi connectivity index (χ3n) is 2.90. The minimum absolute atomic E-state index is 0.129. The SMILES string of the molecule is C=C(NNS(=O)(=O)c1ccc(OC)cc1)c1ccc(Br)cc1. The molecule has 0 amide bonds. The van der Waals surface area contributed by atoms with E-state index in [1.165, 1.54) is 19.2 Å². The zero-order valence-corrected chi connectivity index (χ0v) is 14.2. The lowest BCUT2D eigenvalue weighted by Crippen LogP contribution is -2.35. The van der Waals surface area contributed by atoms with E-state index in [0.29, 0.717) is 11.4 Å². The molecule has 2 aromatic carbocycles. The van der Waals surface area contributed by atoms with E-state index in [1.807, 2.05) is 24.3 Å². The molecule has 0 aliphatic carbocycles. The highest BCUT2D eigenvalue weighted by Gasteiger charge is 2.14. The number of nitrogens with one attached hydrogen (secondary N) is 2. The summed E-state index contributed by atoms with van der Waals surface area (Å²) in [5.41, 5.74) is 3.83. The van der Waals surface area contributed by atoms with E-state index in [9.17, 15) is 8.42 Å². The molecule has 0 bridgehead atoms. The highest BCUT2D eigenvalue weighted by molar-refractivity contribution is 9.10. The van der Waals surface area contributed by atoms with Gasteiger partial charge in [0.25, 0.3) is 10.0 Å². The van der Waals surface area contributed by atoms with Crippen molar-refractivity contribution in [2.24, 2.45) is 0 Å². The highest BCUT2D eigenvalue weighted by atomic mass is 79.9. The van der Waals surface area contributed by atoms with E-state index >= 15 is 0 Å². The number of hydrazine groups is 1. The van der Waals surface area contributed by atoms with Crippen molar-refractivity contribution in [2.45, 2.75) is 4.90 Å². The van der Waals surface area contributed by atoms with Crippen molar-refractivity contribution < 1.29 is 13.2 Å². The largest absolute Gasteiger partial charge is 0.497 e. The summed E-state index contributed by atoms with van der Waals surface area (Å²) in [7, 11) is -2.16. The number of halogens is 1. The molecule has 22 heavy (non-hydrogen) atoms. The normalized spacial score (nSPS) is 11.0. The molecule has 0 spiro atoms. The van der Waals surface area contributed by atoms with Gasteiger partial charge in [-0.1, -0.05) is 34.6 Å². The van der Waals surface area contributed by atoms with Crippen LogP contribution < -0.4 is 15.0 Å². The van der Waals surface area contributed by atoms with Crippen molar-refractivity contribution in [3.8, 4) is 5.75 Å². The van der Waals surface area contributed by atoms with Crippen LogP contribution in [0, 0.1) is 0 Å². The summed E-state index contributed by atoms with van der Waals surface area (Å²) in [6.45, 7) is 3.81. The van der Waals surface area contributed by atoms with Crippen LogP contribution in [0.2, 0.25) is 0 Å². The fourth-order valence-corrected chi connectivity index (χ4v) is 2.80. The molecule has 0 saturated heterocycles. The quantitative estimate of drug-likeness (QED) is 0.753. The number of benzene rings is 2. The van der Waals surface area contributed by atoms with Gasteiger partial charge in [-0.25, -0.2) is 8.42 Å². The van der Waals surface area contributed by atoms with Gasteiger partial charge in [-0.2, -0.15) is 0 Å². The maximum absolute atomic E-state index is 12.2. The minimum atomic E-state index is -3.68. The Hall–Kier alpha value is -1.83. The van der Waals surface area contributed by atoms with E-state index in [4.69, 9.17) is 4.74 Å². The van der Waals surface area contributed by atoms with Crippen molar-refractivity contribution in [3.63, 3.8) is 0 Å². The predicted octanol–water partition coefficient (Wildman–Crippen LogP) is 2.91. The van der Waals surface area contributed by atoms with Crippen molar-refractivity contribution in [1.29, 1.82) is 0 Å². The van der Waals surface area contributed by atoms with Gasteiger partial charge < -0.3 is 10.2 Å². The molecule has 2 rings (SSSR count). The molecule has 2 N–H and O–H groups in total. The van der Waals surface area contributed by atoms with Gasteiger partial charge in [-0.3, -0.25) is 0 Å². The van der Waals surface area contributed by atoms with E-state index in [2.05, 4.69) is 32.8 Å². The molecule has 0 fully saturated rings. The van der Waals surface area contributed by atoms with Crippen LogP contribution in [0.3, 0.4) is 0 Å². The second kappa shape index (κ2) is 6.95. The first-order valence-corrected chi connectivity index (χ1v) is 8.57. The summed E-state index contributed by atoms with van der Waals surface area (Å²) in [6, 6.07) is 13.4. The maximum Gasteiger partial charge on any atom is 0.257 e. The first-order chi connectivity index (χ1) is 10.4. The first-order valence-electron chi connectivity index (χ1n) is 6.29. The average Bonchev–Trinajstić information content (AvgIpc) is 2.53. The van der Waals surface area contributed by atoms with Crippen LogP contribution in [0.15, 0.2) is 64.5 Å². The Morgan fingerprint density at radius 3 is 2.23 bits per heavy atom. The van der Waals surface area contributed by atoms with Gasteiger partial charge in [0.15, 0.2) is 0 Å². The van der Waals surface area contributed by atoms with Gasteiger partial charge in [0.05, 0.1) is 12.0 Å². The van der Waals surface area contributed by atoms with Crippen LogP contribution >= 0.6 is 15.9 Å². The number of hydrogen-bond donors (Lipinski definition) is 2. The molecule has 5 nitrogen and oxygen atoms in total. The third kappa shape index (κ3) is 4.09. The van der Waals surface area contributed by atoms with Crippen LogP contribution in [-0.2, 0) is 10.0 Å². The van der Waals surface area contributed by atoms with Gasteiger partial charge in [0.2, 0.25) is 0 Å². The third-order valence-corrected chi connectivity index (χ3v) is 4.69. The van der Waals surface area contributed by atoms with Gasteiger partial charge in [0.1, 0.15) is 5.75 Å². The smallest absolute Gasteiger partial charge is 0.257 e. The first kappa shape index (κ1) is 16.5.